The molecule has 0 aliphatic heterocycles. The molecule has 1 aromatic carbocycles. The first kappa shape index (κ1) is 16.4. The van der Waals surface area contributed by atoms with E-state index in [2.05, 4.69) is 11.6 Å². The van der Waals surface area contributed by atoms with Crippen molar-refractivity contribution in [2.45, 2.75) is 50.0 Å². The first-order chi connectivity index (χ1) is 9.92. The standard InChI is InChI=1S/C15H22N2O2S2/c1-2-11-6-8-13(9-7-11)17-21(18,19)14-5-3-4-12(10-14)15(16)20/h3-5,10-11,13,17H,2,6-9H2,1H3,(H2,16,20). The van der Waals surface area contributed by atoms with Crippen LogP contribution in [0.1, 0.15) is 44.6 Å². The van der Waals surface area contributed by atoms with Gasteiger partial charge in [-0.2, -0.15) is 0 Å². The zero-order valence-corrected chi connectivity index (χ0v) is 13.8. The van der Waals surface area contributed by atoms with Crippen molar-refractivity contribution in [1.82, 2.24) is 4.72 Å². The number of thiocarbonyl (C=S) groups is 1. The van der Waals surface area contributed by atoms with Gasteiger partial charge in [0.25, 0.3) is 0 Å². The van der Waals surface area contributed by atoms with Gasteiger partial charge in [-0.05, 0) is 43.7 Å². The lowest BCUT2D eigenvalue weighted by Gasteiger charge is -2.28. The van der Waals surface area contributed by atoms with Crippen LogP contribution in [0.15, 0.2) is 29.2 Å². The van der Waals surface area contributed by atoms with Gasteiger partial charge in [0.2, 0.25) is 10.0 Å². The summed E-state index contributed by atoms with van der Waals surface area (Å²) in [7, 11) is -3.51. The minimum atomic E-state index is -3.51. The van der Waals surface area contributed by atoms with Gasteiger partial charge in [-0.3, -0.25) is 0 Å². The molecule has 0 unspecified atom stereocenters. The first-order valence-corrected chi connectivity index (χ1v) is 9.23. The summed E-state index contributed by atoms with van der Waals surface area (Å²) >= 11 is 4.89. The highest BCUT2D eigenvalue weighted by Crippen LogP contribution is 2.27. The summed E-state index contributed by atoms with van der Waals surface area (Å²) in [6, 6.07) is 6.51. The van der Waals surface area contributed by atoms with Gasteiger partial charge in [0.05, 0.1) is 4.90 Å². The second-order valence-electron chi connectivity index (χ2n) is 5.64. The third-order valence-corrected chi connectivity index (χ3v) is 5.93. The topological polar surface area (TPSA) is 72.2 Å². The molecule has 1 fully saturated rings. The Morgan fingerprint density at radius 1 is 1.33 bits per heavy atom. The molecular weight excluding hydrogens is 304 g/mol. The number of nitrogens with two attached hydrogens (primary N) is 1. The van der Waals surface area contributed by atoms with Crippen LogP contribution in [-0.2, 0) is 10.0 Å². The second-order valence-corrected chi connectivity index (χ2v) is 7.79. The third kappa shape index (κ3) is 4.25. The Labute approximate surface area is 132 Å². The largest absolute Gasteiger partial charge is 0.389 e. The van der Waals surface area contributed by atoms with Crippen molar-refractivity contribution in [3.63, 3.8) is 0 Å². The fourth-order valence-corrected chi connectivity index (χ4v) is 4.27. The lowest BCUT2D eigenvalue weighted by atomic mass is 9.85. The summed E-state index contributed by atoms with van der Waals surface area (Å²) in [5.41, 5.74) is 6.13. The Balaban J connectivity index is 2.08. The minimum absolute atomic E-state index is 0.0336. The van der Waals surface area contributed by atoms with Gasteiger partial charge in [-0.25, -0.2) is 13.1 Å². The maximum Gasteiger partial charge on any atom is 0.240 e. The van der Waals surface area contributed by atoms with E-state index in [-0.39, 0.29) is 15.9 Å². The highest BCUT2D eigenvalue weighted by molar-refractivity contribution is 7.89. The van der Waals surface area contributed by atoms with Crippen LogP contribution in [0.4, 0.5) is 0 Å². The van der Waals surface area contributed by atoms with Gasteiger partial charge < -0.3 is 5.73 Å². The Kier molecular flexibility index (Phi) is 5.35. The summed E-state index contributed by atoms with van der Waals surface area (Å²) in [5, 5.41) is 0. The second kappa shape index (κ2) is 6.85. The molecule has 2 rings (SSSR count). The van der Waals surface area contributed by atoms with E-state index in [1.54, 1.807) is 18.2 Å². The monoisotopic (exact) mass is 326 g/mol. The molecule has 0 radical (unpaired) electrons. The summed E-state index contributed by atoms with van der Waals surface area (Å²) in [6.07, 6.45) is 5.18. The molecular formula is C15H22N2O2S2. The third-order valence-electron chi connectivity index (χ3n) is 4.17. The van der Waals surface area contributed by atoms with Gasteiger partial charge >= 0.3 is 0 Å². The molecule has 3 N–H and O–H groups in total. The molecule has 0 spiro atoms. The van der Waals surface area contributed by atoms with Crippen molar-refractivity contribution in [3.05, 3.63) is 29.8 Å². The molecule has 1 aliphatic carbocycles. The van der Waals surface area contributed by atoms with E-state index in [0.717, 1.165) is 31.6 Å². The molecule has 1 aromatic rings. The summed E-state index contributed by atoms with van der Waals surface area (Å²) in [6.45, 7) is 2.19. The smallest absolute Gasteiger partial charge is 0.240 e. The molecule has 6 heteroatoms. The van der Waals surface area contributed by atoms with Crippen molar-refractivity contribution in [1.29, 1.82) is 0 Å². The normalized spacial score (nSPS) is 22.9. The molecule has 0 saturated heterocycles. The van der Waals surface area contributed by atoms with Gasteiger partial charge in [0.15, 0.2) is 0 Å². The molecule has 116 valence electrons. The molecule has 0 aromatic heterocycles. The van der Waals surface area contributed by atoms with Crippen LogP contribution in [0.3, 0.4) is 0 Å². The van der Waals surface area contributed by atoms with Crippen LogP contribution in [0.5, 0.6) is 0 Å². The predicted molar refractivity (Wildman–Crippen MR) is 88.7 cm³/mol. The highest BCUT2D eigenvalue weighted by atomic mass is 32.2. The number of nitrogens with one attached hydrogen (secondary N) is 1. The lowest BCUT2D eigenvalue weighted by molar-refractivity contribution is 0.306. The van der Waals surface area contributed by atoms with Crippen LogP contribution < -0.4 is 10.5 Å². The molecule has 0 atom stereocenters. The zero-order chi connectivity index (χ0) is 15.5. The van der Waals surface area contributed by atoms with E-state index in [9.17, 15) is 8.42 Å². The van der Waals surface area contributed by atoms with E-state index in [1.165, 1.54) is 12.5 Å². The molecule has 0 bridgehead atoms. The molecule has 4 nitrogen and oxygen atoms in total. The Morgan fingerprint density at radius 3 is 2.57 bits per heavy atom. The van der Waals surface area contributed by atoms with E-state index in [1.807, 2.05) is 0 Å². The zero-order valence-electron chi connectivity index (χ0n) is 12.2. The van der Waals surface area contributed by atoms with Gasteiger partial charge in [-0.15, -0.1) is 0 Å². The lowest BCUT2D eigenvalue weighted by Crippen LogP contribution is -2.37. The van der Waals surface area contributed by atoms with Crippen molar-refractivity contribution < 1.29 is 8.42 Å². The van der Waals surface area contributed by atoms with Crippen LogP contribution in [0.25, 0.3) is 0 Å². The average Bonchev–Trinajstić information content (AvgIpc) is 2.48. The van der Waals surface area contributed by atoms with Gasteiger partial charge in [-0.1, -0.05) is 37.7 Å². The van der Waals surface area contributed by atoms with Crippen molar-refractivity contribution in [3.8, 4) is 0 Å². The van der Waals surface area contributed by atoms with Crippen LogP contribution in [-0.4, -0.2) is 19.4 Å². The van der Waals surface area contributed by atoms with E-state index in [4.69, 9.17) is 18.0 Å². The Bertz CT molecular complexity index is 606. The fourth-order valence-electron chi connectivity index (χ4n) is 2.79. The van der Waals surface area contributed by atoms with Gasteiger partial charge in [0.1, 0.15) is 4.99 Å². The predicted octanol–water partition coefficient (Wildman–Crippen LogP) is 2.57. The van der Waals surface area contributed by atoms with Crippen LogP contribution >= 0.6 is 12.2 Å². The summed E-state index contributed by atoms with van der Waals surface area (Å²) in [4.78, 5) is 0.431. The summed E-state index contributed by atoms with van der Waals surface area (Å²) in [5.74, 6) is 0.740. The van der Waals surface area contributed by atoms with Crippen molar-refractivity contribution >= 4 is 27.2 Å². The highest BCUT2D eigenvalue weighted by Gasteiger charge is 2.25. The van der Waals surface area contributed by atoms with E-state index >= 15 is 0 Å². The van der Waals surface area contributed by atoms with E-state index in [0.29, 0.717) is 5.56 Å². The Morgan fingerprint density at radius 2 is 2.00 bits per heavy atom. The van der Waals surface area contributed by atoms with Crippen LogP contribution in [0, 0.1) is 5.92 Å². The number of rotatable bonds is 5. The molecule has 1 saturated carbocycles. The number of hydrogen-bond donors (Lipinski definition) is 2. The molecule has 0 heterocycles. The summed E-state index contributed by atoms with van der Waals surface area (Å²) < 4.78 is 27.7. The van der Waals surface area contributed by atoms with Crippen molar-refractivity contribution in [2.24, 2.45) is 11.7 Å². The molecule has 0 amide bonds. The fraction of sp³-hybridized carbons (Fsp3) is 0.533. The average molecular weight is 326 g/mol. The van der Waals surface area contributed by atoms with Crippen molar-refractivity contribution in [2.75, 3.05) is 0 Å². The number of hydrogen-bond acceptors (Lipinski definition) is 3. The first-order valence-electron chi connectivity index (χ1n) is 7.34. The maximum absolute atomic E-state index is 12.4. The molecule has 1 aliphatic rings. The SMILES string of the molecule is CCC1CCC(NS(=O)(=O)c2cccc(C(N)=S)c2)CC1. The quantitative estimate of drug-likeness (QED) is 0.816. The minimum Gasteiger partial charge on any atom is -0.389 e. The van der Waals surface area contributed by atoms with E-state index < -0.39 is 10.0 Å². The Hall–Kier alpha value is -0.980. The number of benzene rings is 1. The van der Waals surface area contributed by atoms with Gasteiger partial charge in [0, 0.05) is 11.6 Å². The van der Waals surface area contributed by atoms with Crippen LogP contribution in [0.2, 0.25) is 0 Å². The number of sulfonamides is 1. The molecule has 21 heavy (non-hydrogen) atoms. The maximum atomic E-state index is 12.4.